The predicted octanol–water partition coefficient (Wildman–Crippen LogP) is 8.42. The van der Waals surface area contributed by atoms with Crippen molar-refractivity contribution < 1.29 is 9.47 Å². The molecule has 8 nitrogen and oxygen atoms in total. The number of para-hydroxylation sites is 4. The minimum atomic E-state index is 0.695. The lowest BCUT2D eigenvalue weighted by atomic mass is 10.2. The van der Waals surface area contributed by atoms with Gasteiger partial charge in [-0.1, -0.05) is 50.3 Å². The molecule has 0 saturated heterocycles. The molecule has 0 atom stereocenters. The highest BCUT2D eigenvalue weighted by Crippen LogP contribution is 2.28. The van der Waals surface area contributed by atoms with Crippen LogP contribution in [0, 0.1) is 0 Å². The molecule has 260 valence electrons. The number of ether oxygens (including phenoxy) is 2. The van der Waals surface area contributed by atoms with Gasteiger partial charge in [0.2, 0.25) is 0 Å². The van der Waals surface area contributed by atoms with Crippen LogP contribution in [0.2, 0.25) is 0 Å². The van der Waals surface area contributed by atoms with Gasteiger partial charge in [-0.2, -0.15) is 0 Å². The van der Waals surface area contributed by atoms with Crippen LogP contribution in [-0.2, 0) is 13.1 Å². The number of nitrogens with zero attached hydrogens (tertiary/aromatic N) is 6. The summed E-state index contributed by atoms with van der Waals surface area (Å²) in [6.45, 7) is 11.4. The Morgan fingerprint density at radius 3 is 1.46 bits per heavy atom. The number of aromatic nitrogens is 4. The molecule has 2 heterocycles. The van der Waals surface area contributed by atoms with E-state index in [9.17, 15) is 0 Å². The van der Waals surface area contributed by atoms with Crippen LogP contribution in [0.25, 0.3) is 44.8 Å². The monoisotopic (exact) mass is 670 g/mol. The number of fused-ring (bicyclic) bond motifs is 2. The lowest BCUT2D eigenvalue weighted by molar-refractivity contribution is 0.249. The number of hydrogen-bond donors (Lipinski definition) is 0. The quantitative estimate of drug-likeness (QED) is 0.0676. The zero-order valence-corrected chi connectivity index (χ0v) is 30.0. The van der Waals surface area contributed by atoms with Gasteiger partial charge in [0.1, 0.15) is 23.1 Å². The Morgan fingerprint density at radius 1 is 0.580 bits per heavy atom. The SMILES string of the molecule is CCN(CC)CCCOc1ccc(-c2nc3ccccc3n2CC=CCn2c(-c3ccc(OCCCN(C)C)cc3)nc3ccccc32)cc1. The van der Waals surface area contributed by atoms with E-state index < -0.39 is 0 Å². The molecule has 6 rings (SSSR count). The maximum absolute atomic E-state index is 6.06. The summed E-state index contributed by atoms with van der Waals surface area (Å²) in [6, 6.07) is 33.3. The van der Waals surface area contributed by atoms with Gasteiger partial charge in [0.25, 0.3) is 0 Å². The zero-order valence-electron chi connectivity index (χ0n) is 30.0. The van der Waals surface area contributed by atoms with Crippen LogP contribution in [0.1, 0.15) is 26.7 Å². The van der Waals surface area contributed by atoms with E-state index in [1.807, 2.05) is 24.3 Å². The van der Waals surface area contributed by atoms with Gasteiger partial charge in [-0.25, -0.2) is 9.97 Å². The van der Waals surface area contributed by atoms with Crippen molar-refractivity contribution >= 4 is 22.1 Å². The normalized spacial score (nSPS) is 11.9. The van der Waals surface area contributed by atoms with Crippen molar-refractivity contribution in [2.75, 3.05) is 53.5 Å². The first-order chi connectivity index (χ1) is 24.5. The molecule has 0 unspecified atom stereocenters. The molecule has 6 aromatic rings. The Labute approximate surface area is 296 Å². The highest BCUT2D eigenvalue weighted by atomic mass is 16.5. The summed E-state index contributed by atoms with van der Waals surface area (Å²) < 4.78 is 16.6. The van der Waals surface area contributed by atoms with Crippen LogP contribution in [-0.4, -0.2) is 82.4 Å². The van der Waals surface area contributed by atoms with Crippen LogP contribution >= 0.6 is 0 Å². The van der Waals surface area contributed by atoms with Crippen LogP contribution in [0.3, 0.4) is 0 Å². The van der Waals surface area contributed by atoms with Gasteiger partial charge >= 0.3 is 0 Å². The van der Waals surface area contributed by atoms with Crippen LogP contribution in [0.4, 0.5) is 0 Å². The number of allylic oxidation sites excluding steroid dienone is 2. The largest absolute Gasteiger partial charge is 0.494 e. The Kier molecular flexibility index (Phi) is 12.0. The Bertz CT molecular complexity index is 1970. The van der Waals surface area contributed by atoms with E-state index in [1.165, 1.54) is 0 Å². The average molecular weight is 671 g/mol. The topological polar surface area (TPSA) is 60.6 Å². The van der Waals surface area contributed by atoms with Crippen molar-refractivity contribution in [2.45, 2.75) is 39.8 Å². The number of hydrogen-bond acceptors (Lipinski definition) is 6. The third-order valence-electron chi connectivity index (χ3n) is 9.08. The molecule has 50 heavy (non-hydrogen) atoms. The highest BCUT2D eigenvalue weighted by Gasteiger charge is 2.14. The molecule has 0 radical (unpaired) electrons. The molecular formula is C42H50N6O2. The van der Waals surface area contributed by atoms with E-state index >= 15 is 0 Å². The third kappa shape index (κ3) is 8.62. The molecule has 0 aliphatic heterocycles. The molecular weight excluding hydrogens is 621 g/mol. The van der Waals surface area contributed by atoms with E-state index in [0.29, 0.717) is 26.3 Å². The first kappa shape index (κ1) is 34.9. The predicted molar refractivity (Wildman–Crippen MR) is 206 cm³/mol. The van der Waals surface area contributed by atoms with Crippen molar-refractivity contribution in [3.05, 3.63) is 109 Å². The lowest BCUT2D eigenvalue weighted by Gasteiger charge is -2.17. The van der Waals surface area contributed by atoms with Crippen LogP contribution in [0.15, 0.2) is 109 Å². The van der Waals surface area contributed by atoms with E-state index in [0.717, 1.165) is 95.4 Å². The van der Waals surface area contributed by atoms with E-state index in [-0.39, 0.29) is 0 Å². The molecule has 4 aromatic carbocycles. The molecule has 0 amide bonds. The summed E-state index contributed by atoms with van der Waals surface area (Å²) in [6.07, 6.45) is 6.47. The van der Waals surface area contributed by atoms with Crippen LogP contribution in [0.5, 0.6) is 11.5 Å². The van der Waals surface area contributed by atoms with Gasteiger partial charge in [0, 0.05) is 37.3 Å². The van der Waals surface area contributed by atoms with Gasteiger partial charge in [0.05, 0.1) is 35.3 Å². The maximum Gasteiger partial charge on any atom is 0.141 e. The summed E-state index contributed by atoms with van der Waals surface area (Å²) in [5.74, 6) is 3.66. The van der Waals surface area contributed by atoms with Gasteiger partial charge in [0.15, 0.2) is 0 Å². The van der Waals surface area contributed by atoms with Gasteiger partial charge in [-0.3, -0.25) is 0 Å². The molecule has 0 fully saturated rings. The second kappa shape index (κ2) is 17.1. The fraction of sp³-hybridized carbons (Fsp3) is 0.333. The van der Waals surface area contributed by atoms with Crippen molar-refractivity contribution in [1.82, 2.24) is 28.9 Å². The van der Waals surface area contributed by atoms with Crippen molar-refractivity contribution in [3.63, 3.8) is 0 Å². The van der Waals surface area contributed by atoms with Gasteiger partial charge < -0.3 is 28.4 Å². The number of rotatable bonds is 18. The standard InChI is InChI=1S/C42H50N6O2/c1-5-46(6-2)28-14-32-50-36-25-21-34(22-26-36)42-44-38-16-8-10-18-40(38)48(42)30-12-11-29-47-39-17-9-7-15-37(39)43-41(47)33-19-23-35(24-20-33)49-31-13-27-45(3)4/h7-12,15-26H,5-6,13-14,27-32H2,1-4H3. The molecule has 0 bridgehead atoms. The fourth-order valence-corrected chi connectivity index (χ4v) is 6.31. The summed E-state index contributed by atoms with van der Waals surface area (Å²) in [5.41, 5.74) is 6.33. The minimum absolute atomic E-state index is 0.695. The van der Waals surface area contributed by atoms with Crippen molar-refractivity contribution in [3.8, 4) is 34.3 Å². The van der Waals surface area contributed by atoms with E-state index in [2.05, 4.69) is 132 Å². The molecule has 2 aromatic heterocycles. The summed E-state index contributed by atoms with van der Waals surface area (Å²) in [4.78, 5) is 14.7. The Morgan fingerprint density at radius 2 is 1.02 bits per heavy atom. The highest BCUT2D eigenvalue weighted by molar-refractivity contribution is 5.81. The molecule has 0 spiro atoms. The molecule has 0 N–H and O–H groups in total. The first-order valence-electron chi connectivity index (χ1n) is 17.9. The second-order valence-electron chi connectivity index (χ2n) is 12.8. The lowest BCUT2D eigenvalue weighted by Crippen LogP contribution is -2.25. The number of imidazole rings is 2. The van der Waals surface area contributed by atoms with Gasteiger partial charge in [-0.05, 0) is 113 Å². The molecule has 8 heteroatoms. The zero-order chi connectivity index (χ0) is 34.7. The average Bonchev–Trinajstić information content (AvgIpc) is 3.71. The smallest absolute Gasteiger partial charge is 0.141 e. The van der Waals surface area contributed by atoms with Crippen LogP contribution < -0.4 is 9.47 Å². The minimum Gasteiger partial charge on any atom is -0.494 e. The van der Waals surface area contributed by atoms with Crippen molar-refractivity contribution in [1.29, 1.82) is 0 Å². The summed E-state index contributed by atoms with van der Waals surface area (Å²) >= 11 is 0. The molecule has 0 aliphatic carbocycles. The van der Waals surface area contributed by atoms with E-state index in [1.54, 1.807) is 0 Å². The van der Waals surface area contributed by atoms with E-state index in [4.69, 9.17) is 19.4 Å². The Hall–Kier alpha value is -4.92. The molecule has 0 aliphatic rings. The summed E-state index contributed by atoms with van der Waals surface area (Å²) in [7, 11) is 4.17. The Balaban J connectivity index is 1.16. The number of benzene rings is 4. The fourth-order valence-electron chi connectivity index (χ4n) is 6.31. The summed E-state index contributed by atoms with van der Waals surface area (Å²) in [5, 5.41) is 0. The maximum atomic E-state index is 6.06. The second-order valence-corrected chi connectivity index (χ2v) is 12.8. The molecule has 0 saturated carbocycles. The third-order valence-corrected chi connectivity index (χ3v) is 9.08. The van der Waals surface area contributed by atoms with Crippen molar-refractivity contribution in [2.24, 2.45) is 0 Å². The van der Waals surface area contributed by atoms with Gasteiger partial charge in [-0.15, -0.1) is 0 Å². The first-order valence-corrected chi connectivity index (χ1v) is 17.9.